The largest absolute Gasteiger partial charge is 0.491 e. The Bertz CT molecular complexity index is 1770. The minimum Gasteiger partial charge on any atom is -0.491 e. The molecule has 10 nitrogen and oxygen atoms in total. The number of unbranched alkanes of at least 4 members (excludes halogenated alkanes) is 1. The van der Waals surface area contributed by atoms with Crippen LogP contribution in [0.3, 0.4) is 0 Å². The predicted octanol–water partition coefficient (Wildman–Crippen LogP) is 5.37. The van der Waals surface area contributed by atoms with Gasteiger partial charge < -0.3 is 29.2 Å². The summed E-state index contributed by atoms with van der Waals surface area (Å²) in [4.78, 5) is 47.4. The van der Waals surface area contributed by atoms with Crippen molar-refractivity contribution in [1.29, 1.82) is 0 Å². The maximum Gasteiger partial charge on any atom is 0.408 e. The molecular formula is C39H43N3O7. The highest BCUT2D eigenvalue weighted by molar-refractivity contribution is 5.91. The van der Waals surface area contributed by atoms with E-state index >= 15 is 0 Å². The van der Waals surface area contributed by atoms with E-state index in [0.29, 0.717) is 48.6 Å². The third-order valence-electron chi connectivity index (χ3n) is 10.2. The Labute approximate surface area is 286 Å². The van der Waals surface area contributed by atoms with Gasteiger partial charge in [0.15, 0.2) is 0 Å². The number of nitrogens with zero attached hydrogens (tertiary/aromatic N) is 2. The van der Waals surface area contributed by atoms with Crippen molar-refractivity contribution in [3.05, 3.63) is 65.2 Å². The van der Waals surface area contributed by atoms with E-state index in [1.165, 1.54) is 12.0 Å². The lowest BCUT2D eigenvalue weighted by molar-refractivity contribution is -0.152. The smallest absolute Gasteiger partial charge is 0.408 e. The zero-order valence-electron chi connectivity index (χ0n) is 28.1. The molecule has 256 valence electrons. The molecule has 2 fully saturated rings. The van der Waals surface area contributed by atoms with E-state index in [2.05, 4.69) is 36.2 Å². The number of amides is 2. The Morgan fingerprint density at radius 3 is 2.59 bits per heavy atom. The molecule has 1 N–H and O–H groups in total. The van der Waals surface area contributed by atoms with Crippen LogP contribution in [0.25, 0.3) is 10.9 Å². The predicted molar refractivity (Wildman–Crippen MR) is 182 cm³/mol. The van der Waals surface area contributed by atoms with E-state index in [-0.39, 0.29) is 36.8 Å². The fourth-order valence-corrected chi connectivity index (χ4v) is 7.43. The van der Waals surface area contributed by atoms with E-state index in [1.807, 2.05) is 36.4 Å². The van der Waals surface area contributed by atoms with E-state index in [4.69, 9.17) is 23.9 Å². The molecule has 0 unspecified atom stereocenters. The van der Waals surface area contributed by atoms with Crippen molar-refractivity contribution in [2.24, 2.45) is 11.8 Å². The lowest BCUT2D eigenvalue weighted by Gasteiger charge is -2.30. The molecule has 0 radical (unpaired) electrons. The minimum atomic E-state index is -0.906. The van der Waals surface area contributed by atoms with Gasteiger partial charge in [-0.2, -0.15) is 0 Å². The molecule has 0 spiro atoms. The molecule has 2 aliphatic heterocycles. The summed E-state index contributed by atoms with van der Waals surface area (Å²) < 4.78 is 24.0. The number of ether oxygens (including phenoxy) is 4. The van der Waals surface area contributed by atoms with Crippen LogP contribution in [0.5, 0.6) is 11.6 Å². The Morgan fingerprint density at radius 2 is 1.82 bits per heavy atom. The van der Waals surface area contributed by atoms with E-state index < -0.39 is 30.3 Å². The number of methoxy groups -OCH3 is 1. The van der Waals surface area contributed by atoms with Gasteiger partial charge >= 0.3 is 12.1 Å². The van der Waals surface area contributed by atoms with Crippen LogP contribution in [0, 0.1) is 23.7 Å². The van der Waals surface area contributed by atoms with Gasteiger partial charge in [-0.15, -0.1) is 0 Å². The third-order valence-corrected chi connectivity index (χ3v) is 10.2. The van der Waals surface area contributed by atoms with Crippen molar-refractivity contribution in [1.82, 2.24) is 15.2 Å². The average molecular weight is 666 g/mol. The standard InChI is InChI=1S/C39H43N3O7/c1-3-4-18-47-35-29-15-10-11-17-31(29)40-36-30(35)16-7-5-6-14-26-21-33(26)49-39(45)41-34(27-19-24-12-8-9-13-25(24)20-27)37(43)42-23-28(48-36)22-32(42)38(44)46-2/h8-13,15,17,26-28,32-34H,3-6,14,18-23H2,1-2H3,(H,41,45)/t26-,28-,32+,33-,34+/m1/s1. The number of carbonyl (C=O) groups is 3. The number of esters is 1. The highest BCUT2D eigenvalue weighted by atomic mass is 16.6. The fourth-order valence-electron chi connectivity index (χ4n) is 7.43. The van der Waals surface area contributed by atoms with Crippen LogP contribution in [0.15, 0.2) is 48.5 Å². The van der Waals surface area contributed by atoms with Gasteiger partial charge in [0.05, 0.1) is 25.8 Å². The molecule has 1 aromatic heterocycles. The summed E-state index contributed by atoms with van der Waals surface area (Å²) in [5.74, 6) is 6.73. The molecule has 4 aliphatic rings. The Morgan fingerprint density at radius 1 is 1.04 bits per heavy atom. The maximum atomic E-state index is 14.6. The second-order valence-electron chi connectivity index (χ2n) is 13.5. The van der Waals surface area contributed by atoms with Crippen LogP contribution >= 0.6 is 0 Å². The van der Waals surface area contributed by atoms with Gasteiger partial charge in [-0.1, -0.05) is 61.6 Å². The third kappa shape index (κ3) is 7.03. The molecule has 2 aliphatic carbocycles. The molecule has 2 amide bonds. The van der Waals surface area contributed by atoms with Gasteiger partial charge in [-0.3, -0.25) is 4.79 Å². The van der Waals surface area contributed by atoms with Crippen molar-refractivity contribution in [3.63, 3.8) is 0 Å². The zero-order chi connectivity index (χ0) is 33.9. The van der Waals surface area contributed by atoms with Crippen LogP contribution in [-0.4, -0.2) is 72.4 Å². The van der Waals surface area contributed by atoms with E-state index in [1.54, 1.807) is 0 Å². The zero-order valence-corrected chi connectivity index (χ0v) is 28.1. The summed E-state index contributed by atoms with van der Waals surface area (Å²) >= 11 is 0. The normalized spacial score (nSPS) is 25.3. The van der Waals surface area contributed by atoms with E-state index in [9.17, 15) is 14.4 Å². The number of aromatic nitrogens is 1. The number of carbonyl (C=O) groups excluding carboxylic acids is 3. The van der Waals surface area contributed by atoms with Crippen molar-refractivity contribution in [2.45, 2.75) is 89.0 Å². The number of hydrogen-bond donors (Lipinski definition) is 1. The highest BCUT2D eigenvalue weighted by Gasteiger charge is 2.47. The molecule has 1 saturated carbocycles. The second kappa shape index (κ2) is 14.4. The molecular weight excluding hydrogens is 622 g/mol. The first kappa shape index (κ1) is 32.8. The van der Waals surface area contributed by atoms with Gasteiger partial charge in [0.25, 0.3) is 0 Å². The maximum absolute atomic E-state index is 14.6. The Kier molecular flexibility index (Phi) is 9.61. The van der Waals surface area contributed by atoms with Gasteiger partial charge in [-0.25, -0.2) is 14.6 Å². The molecule has 10 heteroatoms. The lowest BCUT2D eigenvalue weighted by Crippen LogP contribution is -2.55. The topological polar surface area (TPSA) is 116 Å². The van der Waals surface area contributed by atoms with Gasteiger partial charge in [0.2, 0.25) is 11.8 Å². The number of fused-ring (bicyclic) bond motifs is 6. The molecule has 1 saturated heterocycles. The second-order valence-corrected chi connectivity index (χ2v) is 13.5. The summed E-state index contributed by atoms with van der Waals surface area (Å²) in [6.45, 7) is 2.74. The first-order valence-electron chi connectivity index (χ1n) is 17.6. The summed E-state index contributed by atoms with van der Waals surface area (Å²) in [7, 11) is 1.31. The van der Waals surface area contributed by atoms with Crippen LogP contribution in [0.4, 0.5) is 4.79 Å². The quantitative estimate of drug-likeness (QED) is 0.212. The first-order valence-corrected chi connectivity index (χ1v) is 17.6. The molecule has 3 aromatic rings. The average Bonchev–Trinajstić information content (AvgIpc) is 3.47. The van der Waals surface area contributed by atoms with Crippen molar-refractivity contribution >= 4 is 28.9 Å². The number of benzene rings is 2. The Balaban J connectivity index is 1.26. The molecule has 2 bridgehead atoms. The minimum absolute atomic E-state index is 0.101. The summed E-state index contributed by atoms with van der Waals surface area (Å²) in [5.41, 5.74) is 3.57. The van der Waals surface area contributed by atoms with Crippen LogP contribution < -0.4 is 14.8 Å². The van der Waals surface area contributed by atoms with Crippen molar-refractivity contribution in [3.8, 4) is 23.5 Å². The van der Waals surface area contributed by atoms with Crippen LogP contribution in [0.1, 0.15) is 68.6 Å². The number of pyridine rings is 1. The van der Waals surface area contributed by atoms with Gasteiger partial charge in [-0.05, 0) is 73.6 Å². The summed E-state index contributed by atoms with van der Waals surface area (Å²) in [5, 5.41) is 3.79. The molecule has 5 atom stereocenters. The fraction of sp³-hybridized carbons (Fsp3) is 0.487. The highest BCUT2D eigenvalue weighted by Crippen LogP contribution is 2.39. The number of hydrogen-bond acceptors (Lipinski definition) is 8. The monoisotopic (exact) mass is 665 g/mol. The summed E-state index contributed by atoms with van der Waals surface area (Å²) in [6.07, 6.45) is 5.08. The van der Waals surface area contributed by atoms with E-state index in [0.717, 1.165) is 48.6 Å². The summed E-state index contributed by atoms with van der Waals surface area (Å²) in [6, 6.07) is 14.0. The molecule has 3 heterocycles. The Hall–Kier alpha value is -4.78. The SMILES string of the molecule is CCCCOc1c2c(nc3ccccc13)O[C@@H]1C[C@@H](C(=O)OC)N(C1)C(=O)[C@H](C1Cc3ccccc3C1)NC(=O)O[C@@H]1C[C@H]1CCCC#C2. The molecule has 49 heavy (non-hydrogen) atoms. The van der Waals surface area contributed by atoms with Crippen LogP contribution in [-0.2, 0) is 31.9 Å². The van der Waals surface area contributed by atoms with Crippen molar-refractivity contribution in [2.75, 3.05) is 20.3 Å². The molecule has 7 rings (SSSR count). The molecule has 2 aromatic carbocycles. The number of rotatable bonds is 6. The first-order chi connectivity index (χ1) is 23.9. The lowest BCUT2D eigenvalue weighted by atomic mass is 9.95. The van der Waals surface area contributed by atoms with Crippen molar-refractivity contribution < 1.29 is 33.3 Å². The number of alkyl carbamates (subject to hydrolysis) is 1. The van der Waals surface area contributed by atoms with Crippen LogP contribution in [0.2, 0.25) is 0 Å². The number of nitrogens with one attached hydrogen (secondary N) is 1. The van der Waals surface area contributed by atoms with Gasteiger partial charge in [0.1, 0.15) is 35.6 Å². The number of para-hydroxylation sites is 1. The van der Waals surface area contributed by atoms with Gasteiger partial charge in [0, 0.05) is 18.2 Å².